The molecule has 1 N–H and O–H groups in total. The highest BCUT2D eigenvalue weighted by atomic mass is 16.5. The zero-order chi connectivity index (χ0) is 14.8. The summed E-state index contributed by atoms with van der Waals surface area (Å²) in [6, 6.07) is 13.2. The summed E-state index contributed by atoms with van der Waals surface area (Å²) in [7, 11) is 0. The topological polar surface area (TPSA) is 63.6 Å². The van der Waals surface area contributed by atoms with Gasteiger partial charge in [0.25, 0.3) is 0 Å². The molecule has 0 fully saturated rings. The average Bonchev–Trinajstić information content (AvgIpc) is 2.49. The summed E-state index contributed by atoms with van der Waals surface area (Å²) in [5.74, 6) is 0.928. The van der Waals surface area contributed by atoms with Gasteiger partial charge in [-0.15, -0.1) is 0 Å². The number of phenolic OH excluding ortho intramolecular Hbond substituents is 1. The second kappa shape index (κ2) is 8.48. The molecule has 2 aromatic carbocycles. The van der Waals surface area contributed by atoms with E-state index in [1.165, 1.54) is 12.1 Å². The molecule has 0 aromatic heterocycles. The van der Waals surface area contributed by atoms with Gasteiger partial charge in [0.1, 0.15) is 24.1 Å². The largest absolute Gasteiger partial charge is 0.508 e. The third-order valence-electron chi connectivity index (χ3n) is 2.33. The molecule has 0 aliphatic heterocycles. The molecule has 0 spiro atoms. The second-order valence-corrected chi connectivity index (χ2v) is 3.83. The van der Waals surface area contributed by atoms with Crippen LogP contribution in [0.15, 0.2) is 48.5 Å². The minimum absolute atomic E-state index is 0.181. The van der Waals surface area contributed by atoms with Gasteiger partial charge < -0.3 is 9.84 Å². The van der Waals surface area contributed by atoms with E-state index in [0.717, 1.165) is 18.3 Å². The Balaban J connectivity index is 0.000000204. The number of aldehydes is 2. The van der Waals surface area contributed by atoms with E-state index in [2.05, 4.69) is 0 Å². The molecule has 4 heteroatoms. The van der Waals surface area contributed by atoms with Crippen molar-refractivity contribution >= 4 is 12.6 Å². The fourth-order valence-corrected chi connectivity index (χ4v) is 1.40. The first-order chi connectivity index (χ1) is 9.69. The predicted octanol–water partition coefficient (Wildman–Crippen LogP) is 3.10. The van der Waals surface area contributed by atoms with Crippen molar-refractivity contribution in [3.8, 4) is 11.5 Å². The maximum absolute atomic E-state index is 10.3. The number of rotatable bonds is 4. The summed E-state index contributed by atoms with van der Waals surface area (Å²) < 4.78 is 5.19. The standard InChI is InChI=1S/C9H10O2.C7H6O2/c1-2-11-9-5-3-4-8(6-9)7-10;8-5-6-1-3-7(9)4-2-6/h3-7H,2H2,1H3;1-5,9H. The number of aromatic hydroxyl groups is 1. The fourth-order valence-electron chi connectivity index (χ4n) is 1.40. The summed E-state index contributed by atoms with van der Waals surface area (Å²) in [6.45, 7) is 2.54. The number of hydrogen-bond acceptors (Lipinski definition) is 4. The smallest absolute Gasteiger partial charge is 0.150 e. The third kappa shape index (κ3) is 5.35. The summed E-state index contributed by atoms with van der Waals surface area (Å²) in [6.07, 6.45) is 1.54. The average molecular weight is 272 g/mol. The maximum atomic E-state index is 10.3. The Morgan fingerprint density at radius 1 is 1.00 bits per heavy atom. The number of carbonyl (C=O) groups is 2. The molecule has 0 saturated carbocycles. The number of ether oxygens (including phenoxy) is 1. The first kappa shape index (κ1) is 15.4. The molecule has 0 aliphatic carbocycles. The number of hydrogen-bond donors (Lipinski definition) is 1. The Morgan fingerprint density at radius 2 is 1.65 bits per heavy atom. The molecule has 2 rings (SSSR count). The molecule has 0 heterocycles. The zero-order valence-corrected chi connectivity index (χ0v) is 11.2. The van der Waals surface area contributed by atoms with Gasteiger partial charge in [0.2, 0.25) is 0 Å². The van der Waals surface area contributed by atoms with E-state index in [1.54, 1.807) is 30.3 Å². The van der Waals surface area contributed by atoms with Crippen molar-refractivity contribution in [2.45, 2.75) is 6.92 Å². The highest BCUT2D eigenvalue weighted by molar-refractivity contribution is 5.75. The Labute approximate surface area is 117 Å². The van der Waals surface area contributed by atoms with Gasteiger partial charge in [0, 0.05) is 11.1 Å². The Hall–Kier alpha value is -2.62. The lowest BCUT2D eigenvalue weighted by Crippen LogP contribution is -1.91. The number of carbonyl (C=O) groups excluding carboxylic acids is 2. The van der Waals surface area contributed by atoms with Crippen molar-refractivity contribution in [1.82, 2.24) is 0 Å². The molecular weight excluding hydrogens is 256 g/mol. The van der Waals surface area contributed by atoms with Crippen LogP contribution in [0.25, 0.3) is 0 Å². The van der Waals surface area contributed by atoms with Gasteiger partial charge >= 0.3 is 0 Å². The zero-order valence-electron chi connectivity index (χ0n) is 11.2. The highest BCUT2D eigenvalue weighted by Crippen LogP contribution is 2.11. The van der Waals surface area contributed by atoms with E-state index < -0.39 is 0 Å². The van der Waals surface area contributed by atoms with Gasteiger partial charge in [-0.25, -0.2) is 0 Å². The third-order valence-corrected chi connectivity index (χ3v) is 2.33. The van der Waals surface area contributed by atoms with Gasteiger partial charge in [0.05, 0.1) is 6.61 Å². The quantitative estimate of drug-likeness (QED) is 0.869. The molecule has 0 atom stereocenters. The van der Waals surface area contributed by atoms with E-state index in [9.17, 15) is 9.59 Å². The molecular formula is C16H16O4. The van der Waals surface area contributed by atoms with E-state index >= 15 is 0 Å². The van der Waals surface area contributed by atoms with Crippen LogP contribution in [0.2, 0.25) is 0 Å². The van der Waals surface area contributed by atoms with Gasteiger partial charge in [-0.05, 0) is 43.3 Å². The lowest BCUT2D eigenvalue weighted by atomic mass is 10.2. The Kier molecular flexibility index (Phi) is 6.54. The SMILES string of the molecule is CCOc1cccc(C=O)c1.O=Cc1ccc(O)cc1. The van der Waals surface area contributed by atoms with Crippen molar-refractivity contribution in [2.24, 2.45) is 0 Å². The van der Waals surface area contributed by atoms with Crippen LogP contribution in [-0.2, 0) is 0 Å². The van der Waals surface area contributed by atoms with Crippen molar-refractivity contribution in [1.29, 1.82) is 0 Å². The normalized spacial score (nSPS) is 9.05. The Morgan fingerprint density at radius 3 is 2.20 bits per heavy atom. The van der Waals surface area contributed by atoms with Gasteiger partial charge in [-0.2, -0.15) is 0 Å². The van der Waals surface area contributed by atoms with Crippen LogP contribution in [-0.4, -0.2) is 24.3 Å². The lowest BCUT2D eigenvalue weighted by molar-refractivity contribution is 0.111. The van der Waals surface area contributed by atoms with Crippen molar-refractivity contribution < 1.29 is 19.4 Å². The molecule has 0 bridgehead atoms. The van der Waals surface area contributed by atoms with Crippen molar-refractivity contribution in [2.75, 3.05) is 6.61 Å². The van der Waals surface area contributed by atoms with Crippen LogP contribution in [0.4, 0.5) is 0 Å². The summed E-state index contributed by atoms with van der Waals surface area (Å²) in [5.41, 5.74) is 1.23. The van der Waals surface area contributed by atoms with E-state index in [4.69, 9.17) is 9.84 Å². The predicted molar refractivity (Wildman–Crippen MR) is 76.5 cm³/mol. The summed E-state index contributed by atoms with van der Waals surface area (Å²) in [5, 5.41) is 8.74. The summed E-state index contributed by atoms with van der Waals surface area (Å²) >= 11 is 0. The fraction of sp³-hybridized carbons (Fsp3) is 0.125. The van der Waals surface area contributed by atoms with Crippen LogP contribution >= 0.6 is 0 Å². The van der Waals surface area contributed by atoms with Gasteiger partial charge in [-0.3, -0.25) is 9.59 Å². The van der Waals surface area contributed by atoms with E-state index in [0.29, 0.717) is 17.7 Å². The molecule has 20 heavy (non-hydrogen) atoms. The van der Waals surface area contributed by atoms with Crippen LogP contribution in [0.1, 0.15) is 27.6 Å². The first-order valence-electron chi connectivity index (χ1n) is 6.12. The molecule has 104 valence electrons. The van der Waals surface area contributed by atoms with Crippen molar-refractivity contribution in [3.63, 3.8) is 0 Å². The second-order valence-electron chi connectivity index (χ2n) is 3.83. The molecule has 4 nitrogen and oxygen atoms in total. The van der Waals surface area contributed by atoms with E-state index in [1.807, 2.05) is 13.0 Å². The molecule has 0 aliphatic rings. The molecule has 0 amide bonds. The van der Waals surface area contributed by atoms with Crippen molar-refractivity contribution in [3.05, 3.63) is 59.7 Å². The monoisotopic (exact) mass is 272 g/mol. The molecule has 2 aromatic rings. The first-order valence-corrected chi connectivity index (χ1v) is 6.12. The number of phenols is 1. The van der Waals surface area contributed by atoms with Crippen LogP contribution < -0.4 is 4.74 Å². The maximum Gasteiger partial charge on any atom is 0.150 e. The lowest BCUT2D eigenvalue weighted by Gasteiger charge is -2.01. The number of benzene rings is 2. The minimum atomic E-state index is 0.181. The van der Waals surface area contributed by atoms with Gasteiger partial charge in [-0.1, -0.05) is 12.1 Å². The summed E-state index contributed by atoms with van der Waals surface area (Å²) in [4.78, 5) is 20.3. The van der Waals surface area contributed by atoms with Gasteiger partial charge in [0.15, 0.2) is 0 Å². The molecule has 0 radical (unpaired) electrons. The van der Waals surface area contributed by atoms with E-state index in [-0.39, 0.29) is 5.75 Å². The Bertz CT molecular complexity index is 547. The van der Waals surface area contributed by atoms with Crippen LogP contribution in [0.5, 0.6) is 11.5 Å². The van der Waals surface area contributed by atoms with Crippen LogP contribution in [0, 0.1) is 0 Å². The highest BCUT2D eigenvalue weighted by Gasteiger charge is 1.92. The molecule has 0 saturated heterocycles. The minimum Gasteiger partial charge on any atom is -0.508 e. The molecule has 0 unspecified atom stereocenters. The van der Waals surface area contributed by atoms with Crippen LogP contribution in [0.3, 0.4) is 0 Å².